The average molecular weight is 305 g/mol. The summed E-state index contributed by atoms with van der Waals surface area (Å²) in [4.78, 5) is 0. The van der Waals surface area contributed by atoms with Crippen LogP contribution >= 0.6 is 0 Å². The van der Waals surface area contributed by atoms with Gasteiger partial charge in [0.05, 0.1) is 26.5 Å². The van der Waals surface area contributed by atoms with Crippen molar-refractivity contribution in [3.05, 3.63) is 53.3 Å². The van der Waals surface area contributed by atoms with E-state index in [9.17, 15) is 9.50 Å². The molecule has 0 saturated heterocycles. The maximum Gasteiger partial charge on any atom is 0.167 e. The van der Waals surface area contributed by atoms with Crippen molar-refractivity contribution in [3.8, 4) is 11.5 Å². The van der Waals surface area contributed by atoms with E-state index >= 15 is 0 Å². The zero-order valence-electron chi connectivity index (χ0n) is 12.9. The van der Waals surface area contributed by atoms with Crippen LogP contribution in [0.3, 0.4) is 0 Å². The van der Waals surface area contributed by atoms with E-state index in [1.54, 1.807) is 0 Å². The van der Waals surface area contributed by atoms with Crippen molar-refractivity contribution in [1.29, 1.82) is 0 Å². The lowest BCUT2D eigenvalue weighted by atomic mass is 10.0. The molecule has 2 N–H and O–H groups in total. The van der Waals surface area contributed by atoms with Gasteiger partial charge in [-0.05, 0) is 18.1 Å². The number of hydrogen-bond acceptors (Lipinski definition) is 4. The van der Waals surface area contributed by atoms with Crippen LogP contribution in [0.15, 0.2) is 36.4 Å². The molecule has 1 unspecified atom stereocenters. The zero-order valence-corrected chi connectivity index (χ0v) is 12.9. The Bertz CT molecular complexity index is 646. The highest BCUT2D eigenvalue weighted by molar-refractivity contribution is 5.60. The molecule has 0 aliphatic rings. The minimum absolute atomic E-state index is 0.0129. The van der Waals surface area contributed by atoms with Gasteiger partial charge in [-0.15, -0.1) is 0 Å². The fourth-order valence-corrected chi connectivity index (χ4v) is 2.25. The Morgan fingerprint density at radius 3 is 2.50 bits per heavy atom. The van der Waals surface area contributed by atoms with E-state index in [0.717, 1.165) is 11.1 Å². The van der Waals surface area contributed by atoms with E-state index in [1.807, 2.05) is 31.2 Å². The van der Waals surface area contributed by atoms with E-state index in [-0.39, 0.29) is 18.4 Å². The number of benzene rings is 2. The Labute approximate surface area is 129 Å². The Morgan fingerprint density at radius 1 is 1.14 bits per heavy atom. The van der Waals surface area contributed by atoms with Gasteiger partial charge in [-0.2, -0.15) is 0 Å². The van der Waals surface area contributed by atoms with Gasteiger partial charge in [0.1, 0.15) is 5.75 Å². The van der Waals surface area contributed by atoms with Gasteiger partial charge in [0.2, 0.25) is 0 Å². The van der Waals surface area contributed by atoms with Crippen LogP contribution in [0.25, 0.3) is 0 Å². The van der Waals surface area contributed by atoms with Crippen LogP contribution in [-0.2, 0) is 6.61 Å². The van der Waals surface area contributed by atoms with E-state index in [0.29, 0.717) is 11.4 Å². The summed E-state index contributed by atoms with van der Waals surface area (Å²) in [6.07, 6.45) is 0. The molecule has 118 valence electrons. The van der Waals surface area contributed by atoms with Crippen molar-refractivity contribution < 1.29 is 19.0 Å². The third-order valence-corrected chi connectivity index (χ3v) is 3.48. The predicted molar refractivity (Wildman–Crippen MR) is 83.9 cm³/mol. The van der Waals surface area contributed by atoms with Gasteiger partial charge >= 0.3 is 0 Å². The number of rotatable bonds is 6. The summed E-state index contributed by atoms with van der Waals surface area (Å²) in [6, 6.07) is 10.4. The maximum absolute atomic E-state index is 13.9. The van der Waals surface area contributed by atoms with Gasteiger partial charge in [0.15, 0.2) is 11.6 Å². The Hall–Kier alpha value is -2.27. The molecular weight excluding hydrogens is 285 g/mol. The standard InChI is InChI=1S/C17H20FNO3/c1-11(13-6-4-5-12(7-13)10-20)19-15-8-14(18)16(21-2)9-17(15)22-3/h4-9,11,19-20H,10H2,1-3H3. The molecular formula is C17H20FNO3. The zero-order chi connectivity index (χ0) is 16.1. The highest BCUT2D eigenvalue weighted by Gasteiger charge is 2.14. The molecule has 0 aliphatic carbocycles. The topological polar surface area (TPSA) is 50.7 Å². The molecule has 22 heavy (non-hydrogen) atoms. The Kier molecular flexibility index (Phi) is 5.22. The number of methoxy groups -OCH3 is 2. The molecule has 2 aromatic carbocycles. The minimum Gasteiger partial charge on any atom is -0.494 e. The van der Waals surface area contributed by atoms with Gasteiger partial charge in [0, 0.05) is 18.2 Å². The molecule has 0 heterocycles. The molecule has 0 spiro atoms. The second-order valence-corrected chi connectivity index (χ2v) is 4.96. The smallest absolute Gasteiger partial charge is 0.167 e. The fraction of sp³-hybridized carbons (Fsp3) is 0.294. The summed E-state index contributed by atoms with van der Waals surface area (Å²) in [6.45, 7) is 1.94. The molecule has 5 heteroatoms. The molecule has 0 bridgehead atoms. The molecule has 1 atom stereocenters. The van der Waals surface area contributed by atoms with Crippen LogP contribution in [0, 0.1) is 5.82 Å². The van der Waals surface area contributed by atoms with Crippen LogP contribution in [0.2, 0.25) is 0 Å². The molecule has 0 fully saturated rings. The molecule has 0 aromatic heterocycles. The van der Waals surface area contributed by atoms with Crippen molar-refractivity contribution >= 4 is 5.69 Å². The molecule has 4 nitrogen and oxygen atoms in total. The van der Waals surface area contributed by atoms with Crippen LogP contribution in [0.5, 0.6) is 11.5 Å². The number of nitrogens with one attached hydrogen (secondary N) is 1. The van der Waals surface area contributed by atoms with Gasteiger partial charge < -0.3 is 19.9 Å². The minimum atomic E-state index is -0.456. The second-order valence-electron chi connectivity index (χ2n) is 4.96. The third-order valence-electron chi connectivity index (χ3n) is 3.48. The van der Waals surface area contributed by atoms with Crippen molar-refractivity contribution in [2.24, 2.45) is 0 Å². The lowest BCUT2D eigenvalue weighted by molar-refractivity contribution is 0.281. The van der Waals surface area contributed by atoms with Crippen molar-refractivity contribution in [2.75, 3.05) is 19.5 Å². The summed E-state index contributed by atoms with van der Waals surface area (Å²) < 4.78 is 24.1. The van der Waals surface area contributed by atoms with Crippen LogP contribution in [0.1, 0.15) is 24.1 Å². The Balaban J connectivity index is 2.27. The van der Waals surface area contributed by atoms with Crippen LogP contribution in [0.4, 0.5) is 10.1 Å². The van der Waals surface area contributed by atoms with Gasteiger partial charge in [0.25, 0.3) is 0 Å². The van der Waals surface area contributed by atoms with E-state index in [4.69, 9.17) is 9.47 Å². The Morgan fingerprint density at radius 2 is 1.86 bits per heavy atom. The predicted octanol–water partition coefficient (Wildman–Crippen LogP) is 3.51. The van der Waals surface area contributed by atoms with Crippen molar-refractivity contribution in [2.45, 2.75) is 19.6 Å². The van der Waals surface area contributed by atoms with Crippen molar-refractivity contribution in [3.63, 3.8) is 0 Å². The highest BCUT2D eigenvalue weighted by Crippen LogP contribution is 2.34. The largest absolute Gasteiger partial charge is 0.494 e. The number of ether oxygens (including phenoxy) is 2. The summed E-state index contributed by atoms with van der Waals surface area (Å²) >= 11 is 0. The SMILES string of the molecule is COc1cc(OC)c(NC(C)c2cccc(CO)c2)cc1F. The highest BCUT2D eigenvalue weighted by atomic mass is 19.1. The first-order valence-electron chi connectivity index (χ1n) is 6.96. The first-order chi connectivity index (χ1) is 10.6. The van der Waals surface area contributed by atoms with E-state index in [1.165, 1.54) is 26.4 Å². The number of aliphatic hydroxyl groups is 1. The molecule has 0 aliphatic heterocycles. The summed E-state index contributed by atoms with van der Waals surface area (Å²) in [5.41, 5.74) is 2.37. The van der Waals surface area contributed by atoms with Gasteiger partial charge in [-0.1, -0.05) is 24.3 Å². The number of anilines is 1. The van der Waals surface area contributed by atoms with Crippen molar-refractivity contribution in [1.82, 2.24) is 0 Å². The maximum atomic E-state index is 13.9. The third kappa shape index (κ3) is 3.49. The second kappa shape index (κ2) is 7.13. The molecule has 0 amide bonds. The van der Waals surface area contributed by atoms with E-state index < -0.39 is 5.82 Å². The number of halogens is 1. The van der Waals surface area contributed by atoms with Crippen LogP contribution in [-0.4, -0.2) is 19.3 Å². The summed E-state index contributed by atoms with van der Waals surface area (Å²) in [5, 5.41) is 12.4. The normalized spacial score (nSPS) is 11.9. The summed E-state index contributed by atoms with van der Waals surface area (Å²) in [7, 11) is 2.93. The molecule has 2 aromatic rings. The van der Waals surface area contributed by atoms with Crippen LogP contribution < -0.4 is 14.8 Å². The van der Waals surface area contributed by atoms with Gasteiger partial charge in [-0.25, -0.2) is 4.39 Å². The summed E-state index contributed by atoms with van der Waals surface area (Å²) in [5.74, 6) is 0.183. The molecule has 2 rings (SSSR count). The lowest BCUT2D eigenvalue weighted by Gasteiger charge is -2.19. The lowest BCUT2D eigenvalue weighted by Crippen LogP contribution is -2.08. The average Bonchev–Trinajstić information content (AvgIpc) is 2.55. The number of hydrogen-bond donors (Lipinski definition) is 2. The van der Waals surface area contributed by atoms with Gasteiger partial charge in [-0.3, -0.25) is 0 Å². The monoisotopic (exact) mass is 305 g/mol. The molecule has 0 saturated carbocycles. The first-order valence-corrected chi connectivity index (χ1v) is 6.96. The quantitative estimate of drug-likeness (QED) is 0.857. The first kappa shape index (κ1) is 16.1. The number of aliphatic hydroxyl groups excluding tert-OH is 1. The van der Waals surface area contributed by atoms with E-state index in [2.05, 4.69) is 5.32 Å². The molecule has 0 radical (unpaired) electrons. The fourth-order valence-electron chi connectivity index (χ4n) is 2.25.